The van der Waals surface area contributed by atoms with Crippen LogP contribution in [0.2, 0.25) is 0 Å². The number of carbonyl (C=O) groups is 7. The van der Waals surface area contributed by atoms with E-state index in [1.807, 2.05) is 0 Å². The summed E-state index contributed by atoms with van der Waals surface area (Å²) in [4.78, 5) is 98.7. The maximum absolute atomic E-state index is 14.7. The van der Waals surface area contributed by atoms with Crippen LogP contribution >= 0.6 is 0 Å². The fourth-order valence-corrected chi connectivity index (χ4v) is 9.07. The number of phenols is 7. The molecule has 5 heterocycles. The van der Waals surface area contributed by atoms with Crippen LogP contribution in [0.1, 0.15) is 54.0 Å². The maximum Gasteiger partial charge on any atom is 0.340 e. The third kappa shape index (κ3) is 5.84. The van der Waals surface area contributed by atoms with E-state index >= 15 is 0 Å². The predicted molar refractivity (Wildman–Crippen MR) is 201 cm³/mol. The highest BCUT2D eigenvalue weighted by Gasteiger charge is 2.72. The number of phenolic OH excluding ortho intramolecular Hbond substituents is 7. The molecular weight excluding hydrogens is 940 g/mol. The van der Waals surface area contributed by atoms with Crippen molar-refractivity contribution in [1.82, 2.24) is 0 Å². The second-order valence-electron chi connectivity index (χ2n) is 16.3. The van der Waals surface area contributed by atoms with Crippen LogP contribution in [0.3, 0.4) is 0 Å². The molecule has 7 aliphatic rings. The van der Waals surface area contributed by atoms with Crippen molar-refractivity contribution in [3.8, 4) is 51.7 Å². The fraction of sp³-hybridized carbons (Fsp3) is 0.293. The fourth-order valence-electron chi connectivity index (χ4n) is 9.07. The van der Waals surface area contributed by atoms with Crippen LogP contribution in [0.25, 0.3) is 0 Å². The van der Waals surface area contributed by atoms with Crippen LogP contribution < -0.4 is 9.47 Å². The van der Waals surface area contributed by atoms with Crippen molar-refractivity contribution in [2.24, 2.45) is 0 Å². The third-order valence-corrected chi connectivity index (χ3v) is 12.4. The van der Waals surface area contributed by atoms with E-state index in [0.717, 1.165) is 0 Å². The summed E-state index contributed by atoms with van der Waals surface area (Å²) in [5.74, 6) is -44.5. The van der Waals surface area contributed by atoms with Crippen molar-refractivity contribution in [2.45, 2.75) is 65.7 Å². The molecule has 3 aromatic carbocycles. The summed E-state index contributed by atoms with van der Waals surface area (Å²) in [5.41, 5.74) is -7.28. The molecule has 1 fully saturated rings. The Bertz CT molecular complexity index is 3010. The number of ether oxygens (including phenoxy) is 8. The molecule has 2 aliphatic carbocycles. The lowest BCUT2D eigenvalue weighted by Crippen LogP contribution is -2.70. The summed E-state index contributed by atoms with van der Waals surface area (Å²) in [6.45, 7) is -1.32. The number of aliphatic hydroxyl groups is 6. The summed E-state index contributed by atoms with van der Waals surface area (Å²) in [5, 5.41) is 142. The lowest BCUT2D eigenvalue weighted by Gasteiger charge is -2.50. The van der Waals surface area contributed by atoms with E-state index in [9.17, 15) is 99.9 Å². The van der Waals surface area contributed by atoms with Crippen molar-refractivity contribution in [1.29, 1.82) is 0 Å². The second-order valence-corrected chi connectivity index (χ2v) is 16.3. The number of ketones is 2. The first-order valence-electron chi connectivity index (χ1n) is 19.6. The molecule has 3 unspecified atom stereocenters. The van der Waals surface area contributed by atoms with Crippen molar-refractivity contribution in [2.75, 3.05) is 6.61 Å². The van der Waals surface area contributed by atoms with Crippen molar-refractivity contribution >= 4 is 41.4 Å². The number of aromatic hydroxyl groups is 7. The monoisotopic (exact) mass is 968 g/mol. The zero-order valence-corrected chi connectivity index (χ0v) is 33.7. The van der Waals surface area contributed by atoms with Crippen LogP contribution in [-0.4, -0.2) is 168 Å². The SMILES string of the molecule is O=C1OC2[C@H]3COC(=O)c4cc(O)c(O)c5c4C4C(=CC(=O)[C@@](O)(O5)C4(O)O)C(=O)O[C@@H]2[C@@H](OC(=O)c2cc(O)c(O)c4c2C2C1=CC(=O)[C@](O)(O4)C2(O)O)[C@H](OC(=O)c1cc(O)c(O)c(O)c1)O3. The Hall–Kier alpha value is -8.25. The number of hydrogen-bond donors (Lipinski definition) is 13. The molecular formula is C41H28O28. The third-order valence-electron chi connectivity index (χ3n) is 12.4. The Labute approximate surface area is 378 Å². The summed E-state index contributed by atoms with van der Waals surface area (Å²) >= 11 is 0. The molecule has 8 bridgehead atoms. The lowest BCUT2D eigenvalue weighted by atomic mass is 9.70. The maximum atomic E-state index is 14.7. The van der Waals surface area contributed by atoms with Gasteiger partial charge in [0.1, 0.15) is 12.7 Å². The highest BCUT2D eigenvalue weighted by molar-refractivity contribution is 6.10. The number of cyclic esters (lactones) is 1. The highest BCUT2D eigenvalue weighted by atomic mass is 16.8. The standard InChI is InChI=1S/C41H28O28/c42-13-1-8(2-14(43)24(13)48)32(51)67-37-31-30-27(64-35(54)11-5-18(46)41(61)39(58,59)23(11)21-10(34(53)66-31)4-16(45)26(50)29(21)69-41)17(63-37)7-62-33(52)9-3-15(44)25(49)28-20(9)22-12(36(55)65-30)6-19(47)40(60,68-28)38(22,56)57/h1-6,17,22-23,27,30-31,37,42-45,48-50,56-61H,7H2/t17-,22?,23?,27?,30+,31-,37+,40-,41+/m1/s1. The smallest absolute Gasteiger partial charge is 0.340 e. The van der Waals surface area contributed by atoms with Crippen LogP contribution in [0.4, 0.5) is 0 Å². The van der Waals surface area contributed by atoms with E-state index in [0.29, 0.717) is 24.3 Å². The second kappa shape index (κ2) is 14.1. The molecule has 0 spiro atoms. The summed E-state index contributed by atoms with van der Waals surface area (Å²) in [7, 11) is 0. The van der Waals surface area contributed by atoms with E-state index < -0.39 is 204 Å². The summed E-state index contributed by atoms with van der Waals surface area (Å²) < 4.78 is 44.1. The van der Waals surface area contributed by atoms with Crippen molar-refractivity contribution in [3.05, 3.63) is 75.4 Å². The molecule has 9 atom stereocenters. The molecule has 28 heteroatoms. The van der Waals surface area contributed by atoms with Gasteiger partial charge in [0.05, 0.1) is 39.7 Å². The zero-order chi connectivity index (χ0) is 49.9. The van der Waals surface area contributed by atoms with Gasteiger partial charge in [-0.05, 0) is 36.4 Å². The first-order chi connectivity index (χ1) is 32.2. The Balaban J connectivity index is 1.20. The van der Waals surface area contributed by atoms with Crippen LogP contribution in [0.15, 0.2) is 47.6 Å². The molecule has 0 saturated carbocycles. The van der Waals surface area contributed by atoms with Crippen molar-refractivity contribution < 1.29 is 138 Å². The van der Waals surface area contributed by atoms with Gasteiger partial charge in [-0.15, -0.1) is 0 Å². The molecule has 28 nitrogen and oxygen atoms in total. The molecule has 5 aliphatic heterocycles. The number of hydrogen-bond acceptors (Lipinski definition) is 28. The average molecular weight is 969 g/mol. The Morgan fingerprint density at radius 1 is 0.551 bits per heavy atom. The molecule has 360 valence electrons. The normalized spacial score (nSPS) is 31.2. The van der Waals surface area contributed by atoms with Gasteiger partial charge in [0.15, 0.2) is 52.5 Å². The Morgan fingerprint density at radius 3 is 1.48 bits per heavy atom. The largest absolute Gasteiger partial charge is 0.504 e. The Kier molecular flexibility index (Phi) is 9.14. The molecule has 69 heavy (non-hydrogen) atoms. The number of benzene rings is 3. The van der Waals surface area contributed by atoms with Crippen molar-refractivity contribution in [3.63, 3.8) is 0 Å². The van der Waals surface area contributed by atoms with Gasteiger partial charge in [-0.3, -0.25) is 9.59 Å². The van der Waals surface area contributed by atoms with Crippen LogP contribution in [-0.2, 0) is 47.6 Å². The Morgan fingerprint density at radius 2 is 0.986 bits per heavy atom. The van der Waals surface area contributed by atoms with Gasteiger partial charge in [0.25, 0.3) is 11.6 Å². The van der Waals surface area contributed by atoms with Crippen LogP contribution in [0.5, 0.6) is 51.7 Å². The van der Waals surface area contributed by atoms with Gasteiger partial charge < -0.3 is 104 Å². The van der Waals surface area contributed by atoms with E-state index in [4.69, 9.17) is 37.9 Å². The molecule has 0 amide bonds. The minimum atomic E-state index is -4.02. The van der Waals surface area contributed by atoms with Crippen LogP contribution in [0, 0.1) is 0 Å². The summed E-state index contributed by atoms with van der Waals surface area (Å²) in [6.07, 6.45) is -12.1. The first kappa shape index (κ1) is 44.6. The molecule has 10 rings (SSSR count). The van der Waals surface area contributed by atoms with Gasteiger partial charge in [-0.2, -0.15) is 0 Å². The number of rotatable bonds is 2. The average Bonchev–Trinajstić information content (AvgIpc) is 3.27. The van der Waals surface area contributed by atoms with E-state index in [-0.39, 0.29) is 12.2 Å². The van der Waals surface area contributed by atoms with Gasteiger partial charge in [-0.25, -0.2) is 24.0 Å². The van der Waals surface area contributed by atoms with Gasteiger partial charge in [0, 0.05) is 11.1 Å². The van der Waals surface area contributed by atoms with E-state index in [1.54, 1.807) is 0 Å². The highest BCUT2D eigenvalue weighted by Crippen LogP contribution is 2.60. The predicted octanol–water partition coefficient (Wildman–Crippen LogP) is -3.85. The van der Waals surface area contributed by atoms with Gasteiger partial charge >= 0.3 is 41.4 Å². The van der Waals surface area contributed by atoms with E-state index in [2.05, 4.69) is 0 Å². The summed E-state index contributed by atoms with van der Waals surface area (Å²) in [6, 6.07) is 1.96. The number of esters is 5. The first-order valence-corrected chi connectivity index (χ1v) is 19.6. The van der Waals surface area contributed by atoms with E-state index in [1.165, 1.54) is 0 Å². The van der Waals surface area contributed by atoms with Gasteiger partial charge in [0.2, 0.25) is 35.5 Å². The molecule has 3 aromatic rings. The minimum absolute atomic E-state index is 0.217. The molecule has 1 saturated heterocycles. The van der Waals surface area contributed by atoms with Gasteiger partial charge in [-0.1, -0.05) is 0 Å². The zero-order valence-electron chi connectivity index (χ0n) is 33.7. The molecule has 0 aromatic heterocycles. The molecule has 0 radical (unpaired) electrons. The molecule has 13 N–H and O–H groups in total. The minimum Gasteiger partial charge on any atom is -0.504 e. The number of fused-ring (bicyclic) bond motifs is 2. The topological polar surface area (TPSA) is 456 Å². The lowest BCUT2D eigenvalue weighted by molar-refractivity contribution is -0.340. The number of carbonyl (C=O) groups excluding carboxylic acids is 7. The quantitative estimate of drug-likeness (QED) is 0.0506.